The molecule has 0 saturated heterocycles. The van der Waals surface area contributed by atoms with Crippen LogP contribution in [-0.4, -0.2) is 23.8 Å². The highest BCUT2D eigenvalue weighted by Gasteiger charge is 2.16. The van der Waals surface area contributed by atoms with Gasteiger partial charge in [0.05, 0.1) is 12.0 Å². The second kappa shape index (κ2) is 8.52. The van der Waals surface area contributed by atoms with Gasteiger partial charge in [-0.25, -0.2) is 9.78 Å². The molecule has 0 bridgehead atoms. The Balaban J connectivity index is 1.52. The van der Waals surface area contributed by atoms with E-state index in [2.05, 4.69) is 10.1 Å². The predicted octanol–water partition coefficient (Wildman–Crippen LogP) is 2.65. The Labute approximate surface area is 173 Å². The quantitative estimate of drug-likeness (QED) is 0.419. The van der Waals surface area contributed by atoms with Crippen molar-refractivity contribution in [2.24, 2.45) is 7.05 Å². The fourth-order valence-corrected chi connectivity index (χ4v) is 3.70. The predicted molar refractivity (Wildman–Crippen MR) is 114 cm³/mol. The SMILES string of the molecule is Cc1cc(CCCCCn2c(=O)c3c(ncn3Cc3ccccc3)n(C)c2=O)on1. The Bertz CT molecular complexity index is 1260. The van der Waals surface area contributed by atoms with Gasteiger partial charge in [0.2, 0.25) is 0 Å². The number of fused-ring (bicyclic) bond motifs is 1. The summed E-state index contributed by atoms with van der Waals surface area (Å²) >= 11 is 0. The van der Waals surface area contributed by atoms with E-state index in [9.17, 15) is 9.59 Å². The lowest BCUT2D eigenvalue weighted by Gasteiger charge is -2.10. The van der Waals surface area contributed by atoms with Gasteiger partial charge in [0, 0.05) is 32.6 Å². The zero-order valence-corrected chi connectivity index (χ0v) is 17.2. The third kappa shape index (κ3) is 3.98. The molecule has 0 unspecified atom stereocenters. The second-order valence-corrected chi connectivity index (χ2v) is 7.57. The molecule has 3 heterocycles. The average Bonchev–Trinajstić information content (AvgIpc) is 3.35. The van der Waals surface area contributed by atoms with Gasteiger partial charge < -0.3 is 9.09 Å². The molecule has 3 aromatic heterocycles. The van der Waals surface area contributed by atoms with Gasteiger partial charge in [-0.15, -0.1) is 0 Å². The summed E-state index contributed by atoms with van der Waals surface area (Å²) in [6.45, 7) is 2.81. The molecule has 0 aliphatic carbocycles. The molecule has 0 fully saturated rings. The van der Waals surface area contributed by atoms with E-state index in [0.29, 0.717) is 24.3 Å². The van der Waals surface area contributed by atoms with E-state index in [-0.39, 0.29) is 11.2 Å². The Kier molecular flexibility index (Phi) is 5.65. The molecule has 0 N–H and O–H groups in total. The smallest absolute Gasteiger partial charge is 0.332 e. The number of aryl methyl sites for hydroxylation is 3. The molecular formula is C22H25N5O3. The molecule has 0 spiro atoms. The fraction of sp³-hybridized carbons (Fsp3) is 0.364. The topological polar surface area (TPSA) is 87.9 Å². The first-order chi connectivity index (χ1) is 14.5. The first-order valence-electron chi connectivity index (χ1n) is 10.2. The van der Waals surface area contributed by atoms with Crippen LogP contribution in [-0.2, 0) is 26.6 Å². The summed E-state index contributed by atoms with van der Waals surface area (Å²) in [5.74, 6) is 0.867. The minimum absolute atomic E-state index is 0.285. The van der Waals surface area contributed by atoms with Gasteiger partial charge in [-0.3, -0.25) is 13.9 Å². The molecule has 0 atom stereocenters. The normalized spacial score (nSPS) is 11.4. The number of benzene rings is 1. The number of hydrogen-bond donors (Lipinski definition) is 0. The van der Waals surface area contributed by atoms with Crippen LogP contribution in [0.2, 0.25) is 0 Å². The Morgan fingerprint density at radius 1 is 1.07 bits per heavy atom. The molecule has 0 amide bonds. The maximum absolute atomic E-state index is 13.1. The summed E-state index contributed by atoms with van der Waals surface area (Å²) in [6, 6.07) is 11.8. The van der Waals surface area contributed by atoms with Crippen molar-refractivity contribution in [2.45, 2.75) is 45.7 Å². The lowest BCUT2D eigenvalue weighted by molar-refractivity contribution is 0.374. The molecule has 0 radical (unpaired) electrons. The molecule has 8 heteroatoms. The number of rotatable bonds is 8. The van der Waals surface area contributed by atoms with Crippen molar-refractivity contribution in [3.8, 4) is 0 Å². The minimum Gasteiger partial charge on any atom is -0.361 e. The van der Waals surface area contributed by atoms with E-state index in [4.69, 9.17) is 4.52 Å². The summed E-state index contributed by atoms with van der Waals surface area (Å²) in [5.41, 5.74) is 2.20. The van der Waals surface area contributed by atoms with Crippen LogP contribution >= 0.6 is 0 Å². The first-order valence-corrected chi connectivity index (χ1v) is 10.2. The average molecular weight is 407 g/mol. The van der Waals surface area contributed by atoms with Crippen molar-refractivity contribution in [1.29, 1.82) is 0 Å². The van der Waals surface area contributed by atoms with Gasteiger partial charge in [-0.05, 0) is 25.3 Å². The van der Waals surface area contributed by atoms with E-state index in [0.717, 1.165) is 42.7 Å². The number of nitrogens with zero attached hydrogens (tertiary/aromatic N) is 5. The number of aromatic nitrogens is 5. The number of imidazole rings is 1. The van der Waals surface area contributed by atoms with Crippen molar-refractivity contribution < 1.29 is 4.52 Å². The summed E-state index contributed by atoms with van der Waals surface area (Å²) in [5, 5.41) is 3.89. The third-order valence-corrected chi connectivity index (χ3v) is 5.28. The minimum atomic E-state index is -0.330. The van der Waals surface area contributed by atoms with Gasteiger partial charge in [0.25, 0.3) is 5.56 Å². The Hall–Kier alpha value is -3.42. The zero-order valence-electron chi connectivity index (χ0n) is 17.2. The van der Waals surface area contributed by atoms with Crippen LogP contribution in [0.15, 0.2) is 56.8 Å². The highest BCUT2D eigenvalue weighted by Crippen LogP contribution is 2.11. The largest absolute Gasteiger partial charge is 0.361 e. The van der Waals surface area contributed by atoms with Crippen molar-refractivity contribution in [3.63, 3.8) is 0 Å². The molecule has 4 aromatic rings. The van der Waals surface area contributed by atoms with Crippen LogP contribution in [0.4, 0.5) is 0 Å². The summed E-state index contributed by atoms with van der Waals surface area (Å²) < 4.78 is 9.81. The molecule has 8 nitrogen and oxygen atoms in total. The van der Waals surface area contributed by atoms with E-state index < -0.39 is 0 Å². The Morgan fingerprint density at radius 2 is 1.87 bits per heavy atom. The molecule has 0 aliphatic heterocycles. The van der Waals surface area contributed by atoms with E-state index in [1.54, 1.807) is 13.4 Å². The molecule has 1 aromatic carbocycles. The van der Waals surface area contributed by atoms with Crippen LogP contribution in [0.5, 0.6) is 0 Å². The lowest BCUT2D eigenvalue weighted by Crippen LogP contribution is -2.39. The van der Waals surface area contributed by atoms with E-state index in [1.807, 2.05) is 47.9 Å². The molecule has 156 valence electrons. The van der Waals surface area contributed by atoms with Crippen LogP contribution in [0.3, 0.4) is 0 Å². The highest BCUT2D eigenvalue weighted by atomic mass is 16.5. The lowest BCUT2D eigenvalue weighted by atomic mass is 10.1. The van der Waals surface area contributed by atoms with Crippen molar-refractivity contribution in [1.82, 2.24) is 23.8 Å². The molecule has 0 aliphatic rings. The van der Waals surface area contributed by atoms with Gasteiger partial charge in [0.1, 0.15) is 5.76 Å². The molecular weight excluding hydrogens is 382 g/mol. The van der Waals surface area contributed by atoms with Crippen LogP contribution < -0.4 is 11.2 Å². The Morgan fingerprint density at radius 3 is 2.60 bits per heavy atom. The van der Waals surface area contributed by atoms with E-state index in [1.165, 1.54) is 9.13 Å². The fourth-order valence-electron chi connectivity index (χ4n) is 3.70. The highest BCUT2D eigenvalue weighted by molar-refractivity contribution is 5.70. The number of hydrogen-bond acceptors (Lipinski definition) is 5. The molecule has 30 heavy (non-hydrogen) atoms. The monoisotopic (exact) mass is 407 g/mol. The van der Waals surface area contributed by atoms with Crippen LogP contribution in [0.1, 0.15) is 36.3 Å². The van der Waals surface area contributed by atoms with Gasteiger partial charge in [-0.2, -0.15) is 0 Å². The molecule has 4 rings (SSSR count). The van der Waals surface area contributed by atoms with Gasteiger partial charge >= 0.3 is 5.69 Å². The number of unbranched alkanes of at least 4 members (excludes halogenated alkanes) is 2. The third-order valence-electron chi connectivity index (χ3n) is 5.28. The van der Waals surface area contributed by atoms with E-state index >= 15 is 0 Å². The zero-order chi connectivity index (χ0) is 21.1. The summed E-state index contributed by atoms with van der Waals surface area (Å²) in [6.07, 6.45) is 4.97. The van der Waals surface area contributed by atoms with Gasteiger partial charge in [-0.1, -0.05) is 41.9 Å². The van der Waals surface area contributed by atoms with Crippen molar-refractivity contribution in [2.75, 3.05) is 0 Å². The maximum atomic E-state index is 13.1. The van der Waals surface area contributed by atoms with Crippen LogP contribution in [0, 0.1) is 6.92 Å². The first kappa shape index (κ1) is 19.9. The standard InChI is InChI=1S/C22H25N5O3/c1-16-13-18(30-24-16)11-7-4-8-12-27-21(28)19-20(25(2)22(27)29)23-15-26(19)14-17-9-5-3-6-10-17/h3,5-6,9-10,13,15H,4,7-8,11-12,14H2,1-2H3. The van der Waals surface area contributed by atoms with Crippen molar-refractivity contribution >= 4 is 11.2 Å². The molecule has 0 saturated carbocycles. The summed E-state index contributed by atoms with van der Waals surface area (Å²) in [4.78, 5) is 30.2. The van der Waals surface area contributed by atoms with Crippen LogP contribution in [0.25, 0.3) is 11.2 Å². The van der Waals surface area contributed by atoms with Crippen molar-refractivity contribution in [3.05, 3.63) is 80.6 Å². The maximum Gasteiger partial charge on any atom is 0.332 e. The summed E-state index contributed by atoms with van der Waals surface area (Å²) in [7, 11) is 1.66. The van der Waals surface area contributed by atoms with Gasteiger partial charge in [0.15, 0.2) is 11.2 Å². The second-order valence-electron chi connectivity index (χ2n) is 7.57.